The second-order valence-corrected chi connectivity index (χ2v) is 7.72. The summed E-state index contributed by atoms with van der Waals surface area (Å²) in [5.74, 6) is 0.900. The van der Waals surface area contributed by atoms with E-state index >= 15 is 0 Å². The fourth-order valence-electron chi connectivity index (χ4n) is 4.34. The van der Waals surface area contributed by atoms with E-state index in [2.05, 4.69) is 23.8 Å². The van der Waals surface area contributed by atoms with E-state index in [-0.39, 0.29) is 5.91 Å². The number of nitrogens with zero attached hydrogens (tertiary/aromatic N) is 4. The Bertz CT molecular complexity index is 538. The first-order valence-electron chi connectivity index (χ1n) is 10.3. The van der Waals surface area contributed by atoms with Crippen molar-refractivity contribution in [1.82, 2.24) is 19.6 Å². The van der Waals surface area contributed by atoms with Gasteiger partial charge in [-0.2, -0.15) is 5.10 Å². The Kier molecular flexibility index (Phi) is 6.51. The maximum atomic E-state index is 12.8. The SMILES string of the molecule is CCN(CC)CC1CCN(C(=O)c2cnn(C3CCCCC3)c2)CC1. The predicted octanol–water partition coefficient (Wildman–Crippen LogP) is 3.58. The molecule has 0 radical (unpaired) electrons. The highest BCUT2D eigenvalue weighted by atomic mass is 16.2. The van der Waals surface area contributed by atoms with Crippen LogP contribution in [0.2, 0.25) is 0 Å². The lowest BCUT2D eigenvalue weighted by atomic mass is 9.95. The van der Waals surface area contributed by atoms with Gasteiger partial charge in [0.15, 0.2) is 0 Å². The maximum Gasteiger partial charge on any atom is 0.257 e. The Balaban J connectivity index is 1.51. The van der Waals surface area contributed by atoms with E-state index in [9.17, 15) is 4.79 Å². The smallest absolute Gasteiger partial charge is 0.257 e. The van der Waals surface area contributed by atoms with Crippen molar-refractivity contribution in [2.75, 3.05) is 32.7 Å². The second-order valence-electron chi connectivity index (χ2n) is 7.72. The molecule has 3 rings (SSSR count). The summed E-state index contributed by atoms with van der Waals surface area (Å²) < 4.78 is 2.04. The normalized spacial score (nSPS) is 20.4. The third-order valence-corrected chi connectivity index (χ3v) is 6.11. The van der Waals surface area contributed by atoms with Crippen LogP contribution in [0, 0.1) is 5.92 Å². The van der Waals surface area contributed by atoms with Crippen molar-refractivity contribution in [3.8, 4) is 0 Å². The van der Waals surface area contributed by atoms with Gasteiger partial charge in [0.25, 0.3) is 5.91 Å². The highest BCUT2D eigenvalue weighted by molar-refractivity contribution is 5.93. The zero-order valence-electron chi connectivity index (χ0n) is 16.0. The molecule has 2 heterocycles. The average Bonchev–Trinajstić information content (AvgIpc) is 3.17. The van der Waals surface area contributed by atoms with Gasteiger partial charge in [-0.1, -0.05) is 33.1 Å². The third kappa shape index (κ3) is 4.63. The van der Waals surface area contributed by atoms with Crippen molar-refractivity contribution in [3.63, 3.8) is 0 Å². The highest BCUT2D eigenvalue weighted by Gasteiger charge is 2.26. The molecule has 0 aromatic carbocycles. The first kappa shape index (κ1) is 18.4. The molecule has 1 amide bonds. The van der Waals surface area contributed by atoms with Crippen LogP contribution in [-0.4, -0.2) is 58.2 Å². The quantitative estimate of drug-likeness (QED) is 0.790. The zero-order chi connectivity index (χ0) is 17.6. The van der Waals surface area contributed by atoms with Crippen LogP contribution in [0.1, 0.15) is 75.2 Å². The van der Waals surface area contributed by atoms with E-state index in [0.29, 0.717) is 6.04 Å². The number of amides is 1. The van der Waals surface area contributed by atoms with Crippen LogP contribution in [0.15, 0.2) is 12.4 Å². The summed E-state index contributed by atoms with van der Waals surface area (Å²) in [7, 11) is 0. The lowest BCUT2D eigenvalue weighted by Gasteiger charge is -2.34. The molecule has 1 aliphatic heterocycles. The summed E-state index contributed by atoms with van der Waals surface area (Å²) in [6.07, 6.45) is 12.3. The van der Waals surface area contributed by atoms with Crippen molar-refractivity contribution < 1.29 is 4.79 Å². The van der Waals surface area contributed by atoms with Gasteiger partial charge in [0.1, 0.15) is 0 Å². The molecule has 1 aliphatic carbocycles. The lowest BCUT2D eigenvalue weighted by molar-refractivity contribution is 0.0669. The molecule has 0 N–H and O–H groups in total. The van der Waals surface area contributed by atoms with Crippen molar-refractivity contribution in [3.05, 3.63) is 18.0 Å². The standard InChI is InChI=1S/C20H34N4O/c1-3-22(4-2)15-17-10-12-23(13-11-17)20(25)18-14-21-24(16-18)19-8-6-5-7-9-19/h14,16-17,19H,3-13,15H2,1-2H3. The molecule has 1 aromatic heterocycles. The van der Waals surface area contributed by atoms with Crippen LogP contribution in [0.25, 0.3) is 0 Å². The zero-order valence-corrected chi connectivity index (χ0v) is 16.0. The minimum absolute atomic E-state index is 0.170. The van der Waals surface area contributed by atoms with Gasteiger partial charge in [0.2, 0.25) is 0 Å². The van der Waals surface area contributed by atoms with Crippen molar-refractivity contribution in [1.29, 1.82) is 0 Å². The summed E-state index contributed by atoms with van der Waals surface area (Å²) in [4.78, 5) is 17.3. The third-order valence-electron chi connectivity index (χ3n) is 6.11. The number of piperidine rings is 1. The lowest BCUT2D eigenvalue weighted by Crippen LogP contribution is -2.41. The van der Waals surface area contributed by atoms with E-state index in [4.69, 9.17) is 0 Å². The van der Waals surface area contributed by atoms with Crippen LogP contribution >= 0.6 is 0 Å². The molecule has 0 atom stereocenters. The molecule has 1 aromatic rings. The van der Waals surface area contributed by atoms with Gasteiger partial charge in [0.05, 0.1) is 17.8 Å². The monoisotopic (exact) mass is 346 g/mol. The van der Waals surface area contributed by atoms with Gasteiger partial charge in [-0.25, -0.2) is 0 Å². The Morgan fingerprint density at radius 3 is 2.44 bits per heavy atom. The summed E-state index contributed by atoms with van der Waals surface area (Å²) in [5, 5.41) is 4.49. The van der Waals surface area contributed by atoms with E-state index in [1.165, 1.54) is 38.6 Å². The summed E-state index contributed by atoms with van der Waals surface area (Å²) in [6.45, 7) is 9.65. The first-order valence-corrected chi connectivity index (χ1v) is 10.3. The summed E-state index contributed by atoms with van der Waals surface area (Å²) in [5.41, 5.74) is 0.771. The molecule has 5 heteroatoms. The fourth-order valence-corrected chi connectivity index (χ4v) is 4.34. The van der Waals surface area contributed by atoms with Gasteiger partial charge in [0, 0.05) is 25.8 Å². The molecule has 5 nitrogen and oxygen atoms in total. The van der Waals surface area contributed by atoms with Gasteiger partial charge >= 0.3 is 0 Å². The molecule has 1 saturated heterocycles. The number of likely N-dealkylation sites (tertiary alicyclic amines) is 1. The molecule has 1 saturated carbocycles. The Hall–Kier alpha value is -1.36. The fraction of sp³-hybridized carbons (Fsp3) is 0.800. The van der Waals surface area contributed by atoms with E-state index in [0.717, 1.165) is 50.5 Å². The molecule has 25 heavy (non-hydrogen) atoms. The largest absolute Gasteiger partial charge is 0.339 e. The number of rotatable bonds is 6. The number of hydrogen-bond acceptors (Lipinski definition) is 3. The predicted molar refractivity (Wildman–Crippen MR) is 101 cm³/mol. The Morgan fingerprint density at radius 2 is 1.80 bits per heavy atom. The van der Waals surface area contributed by atoms with Gasteiger partial charge in [-0.15, -0.1) is 0 Å². The summed E-state index contributed by atoms with van der Waals surface area (Å²) >= 11 is 0. The number of aromatic nitrogens is 2. The molecule has 140 valence electrons. The maximum absolute atomic E-state index is 12.8. The summed E-state index contributed by atoms with van der Waals surface area (Å²) in [6, 6.07) is 0.495. The molecule has 0 bridgehead atoms. The number of hydrogen-bond donors (Lipinski definition) is 0. The van der Waals surface area contributed by atoms with E-state index in [1.807, 2.05) is 15.8 Å². The highest BCUT2D eigenvalue weighted by Crippen LogP contribution is 2.28. The van der Waals surface area contributed by atoms with Crippen LogP contribution in [-0.2, 0) is 0 Å². The number of carbonyl (C=O) groups excluding carboxylic acids is 1. The molecular formula is C20H34N4O. The Morgan fingerprint density at radius 1 is 1.12 bits per heavy atom. The van der Waals surface area contributed by atoms with Crippen molar-refractivity contribution in [2.24, 2.45) is 5.92 Å². The molecular weight excluding hydrogens is 312 g/mol. The van der Waals surface area contributed by atoms with Crippen LogP contribution < -0.4 is 0 Å². The van der Waals surface area contributed by atoms with Crippen LogP contribution in [0.5, 0.6) is 0 Å². The van der Waals surface area contributed by atoms with Gasteiger partial charge < -0.3 is 9.80 Å². The second kappa shape index (κ2) is 8.84. The molecule has 0 spiro atoms. The molecule has 0 unspecified atom stereocenters. The topological polar surface area (TPSA) is 41.4 Å². The van der Waals surface area contributed by atoms with Crippen LogP contribution in [0.4, 0.5) is 0 Å². The van der Waals surface area contributed by atoms with E-state index < -0.39 is 0 Å². The average molecular weight is 347 g/mol. The van der Waals surface area contributed by atoms with Crippen molar-refractivity contribution in [2.45, 2.75) is 64.8 Å². The first-order chi connectivity index (χ1) is 12.2. The van der Waals surface area contributed by atoms with E-state index in [1.54, 1.807) is 6.20 Å². The molecule has 2 aliphatic rings. The Labute approximate surface area is 152 Å². The minimum atomic E-state index is 0.170. The van der Waals surface area contributed by atoms with Crippen molar-refractivity contribution >= 4 is 5.91 Å². The molecule has 2 fully saturated rings. The number of carbonyl (C=O) groups is 1. The van der Waals surface area contributed by atoms with Gasteiger partial charge in [-0.05, 0) is 44.7 Å². The van der Waals surface area contributed by atoms with Crippen LogP contribution in [0.3, 0.4) is 0 Å². The minimum Gasteiger partial charge on any atom is -0.339 e. The van der Waals surface area contributed by atoms with Gasteiger partial charge in [-0.3, -0.25) is 9.48 Å².